The van der Waals surface area contributed by atoms with Gasteiger partial charge in [0.2, 0.25) is 18.2 Å². The Morgan fingerprint density at radius 3 is 2.92 bits per heavy atom. The highest BCUT2D eigenvalue weighted by Gasteiger charge is 2.12. The van der Waals surface area contributed by atoms with E-state index in [1.54, 1.807) is 22.7 Å². The van der Waals surface area contributed by atoms with E-state index >= 15 is 0 Å². The molecule has 0 saturated carbocycles. The molecule has 0 spiro atoms. The standard InChI is InChI=1S/C18H14N4O2S2/c1-11-2-3-12(17-22-19-10-24-17)6-15(11)21-16(23)7-14-9-26-18(20-14)13-4-5-25-8-13/h2-6,8-10H,7H2,1H3,(H,21,23). The average molecular weight is 382 g/mol. The highest BCUT2D eigenvalue weighted by molar-refractivity contribution is 7.14. The topological polar surface area (TPSA) is 80.9 Å². The SMILES string of the molecule is Cc1ccc(-c2nnco2)cc1NC(=O)Cc1csc(-c2ccsc2)n1. The minimum Gasteiger partial charge on any atom is -0.423 e. The third kappa shape index (κ3) is 3.56. The molecule has 4 rings (SSSR count). The lowest BCUT2D eigenvalue weighted by Crippen LogP contribution is -2.15. The predicted molar refractivity (Wildman–Crippen MR) is 102 cm³/mol. The van der Waals surface area contributed by atoms with Crippen LogP contribution in [0.3, 0.4) is 0 Å². The predicted octanol–water partition coefficient (Wildman–Crippen LogP) is 4.41. The Labute approximate surface area is 157 Å². The van der Waals surface area contributed by atoms with Crippen LogP contribution in [0.1, 0.15) is 11.3 Å². The molecular formula is C18H14N4O2S2. The zero-order chi connectivity index (χ0) is 17.9. The van der Waals surface area contributed by atoms with Gasteiger partial charge in [-0.25, -0.2) is 4.98 Å². The van der Waals surface area contributed by atoms with Gasteiger partial charge in [0.25, 0.3) is 0 Å². The number of nitrogens with one attached hydrogen (secondary N) is 1. The first kappa shape index (κ1) is 16.6. The van der Waals surface area contributed by atoms with E-state index in [-0.39, 0.29) is 12.3 Å². The number of hydrogen-bond acceptors (Lipinski definition) is 7. The number of benzene rings is 1. The van der Waals surface area contributed by atoms with Crippen molar-refractivity contribution in [1.82, 2.24) is 15.2 Å². The Balaban J connectivity index is 1.47. The van der Waals surface area contributed by atoms with Gasteiger partial charge in [0.05, 0.1) is 12.1 Å². The van der Waals surface area contributed by atoms with Crippen LogP contribution >= 0.6 is 22.7 Å². The molecule has 3 heterocycles. The van der Waals surface area contributed by atoms with Crippen LogP contribution in [0.2, 0.25) is 0 Å². The molecule has 0 aliphatic rings. The molecule has 0 unspecified atom stereocenters. The van der Waals surface area contributed by atoms with Gasteiger partial charge in [-0.05, 0) is 36.1 Å². The van der Waals surface area contributed by atoms with Gasteiger partial charge in [-0.15, -0.1) is 21.5 Å². The first-order valence-electron chi connectivity index (χ1n) is 7.83. The van der Waals surface area contributed by atoms with E-state index in [4.69, 9.17) is 4.42 Å². The van der Waals surface area contributed by atoms with Crippen molar-refractivity contribution in [2.24, 2.45) is 0 Å². The molecule has 0 fully saturated rings. The summed E-state index contributed by atoms with van der Waals surface area (Å²) in [4.78, 5) is 17.0. The molecule has 0 aliphatic heterocycles. The maximum absolute atomic E-state index is 12.4. The van der Waals surface area contributed by atoms with Crippen LogP contribution < -0.4 is 5.32 Å². The lowest BCUT2D eigenvalue weighted by Gasteiger charge is -2.09. The lowest BCUT2D eigenvalue weighted by atomic mass is 10.1. The van der Waals surface area contributed by atoms with Gasteiger partial charge in [0.15, 0.2) is 0 Å². The smallest absolute Gasteiger partial charge is 0.247 e. The quantitative estimate of drug-likeness (QED) is 0.553. The minimum absolute atomic E-state index is 0.113. The van der Waals surface area contributed by atoms with Crippen LogP contribution in [0, 0.1) is 6.92 Å². The summed E-state index contributed by atoms with van der Waals surface area (Å²) in [6, 6.07) is 7.65. The fourth-order valence-electron chi connectivity index (χ4n) is 2.45. The van der Waals surface area contributed by atoms with E-state index in [1.165, 1.54) is 6.39 Å². The van der Waals surface area contributed by atoms with E-state index in [2.05, 4.69) is 25.9 Å². The first-order valence-corrected chi connectivity index (χ1v) is 9.65. The molecule has 26 heavy (non-hydrogen) atoms. The van der Waals surface area contributed by atoms with E-state index in [0.29, 0.717) is 5.89 Å². The van der Waals surface area contributed by atoms with Crippen LogP contribution in [0.15, 0.2) is 51.2 Å². The molecule has 130 valence electrons. The van der Waals surface area contributed by atoms with Crippen molar-refractivity contribution in [2.45, 2.75) is 13.3 Å². The number of rotatable bonds is 5. The Bertz CT molecular complexity index is 1020. The summed E-state index contributed by atoms with van der Waals surface area (Å²) in [6.07, 6.45) is 1.51. The number of carbonyl (C=O) groups is 1. The summed E-state index contributed by atoms with van der Waals surface area (Å²) in [5.41, 5.74) is 4.30. The normalized spacial score (nSPS) is 10.8. The zero-order valence-corrected chi connectivity index (χ0v) is 15.4. The maximum atomic E-state index is 12.4. The molecule has 1 N–H and O–H groups in total. The average Bonchev–Trinajstić information content (AvgIpc) is 3.39. The second kappa shape index (κ2) is 7.19. The highest BCUT2D eigenvalue weighted by Crippen LogP contribution is 2.27. The van der Waals surface area contributed by atoms with Crippen molar-refractivity contribution < 1.29 is 9.21 Å². The van der Waals surface area contributed by atoms with E-state index in [1.807, 2.05) is 41.9 Å². The van der Waals surface area contributed by atoms with Gasteiger partial charge >= 0.3 is 0 Å². The number of carbonyl (C=O) groups excluding carboxylic acids is 1. The fraction of sp³-hybridized carbons (Fsp3) is 0.111. The molecular weight excluding hydrogens is 368 g/mol. The van der Waals surface area contributed by atoms with E-state index in [0.717, 1.165) is 33.1 Å². The Kier molecular flexibility index (Phi) is 4.59. The summed E-state index contributed by atoms with van der Waals surface area (Å²) in [7, 11) is 0. The number of anilines is 1. The number of thiazole rings is 1. The minimum atomic E-state index is -0.113. The largest absolute Gasteiger partial charge is 0.423 e. The molecule has 0 bridgehead atoms. The van der Waals surface area contributed by atoms with Gasteiger partial charge in [-0.3, -0.25) is 4.79 Å². The number of aromatic nitrogens is 3. The Hall–Kier alpha value is -2.84. The van der Waals surface area contributed by atoms with Crippen molar-refractivity contribution in [3.8, 4) is 22.0 Å². The van der Waals surface area contributed by atoms with Crippen molar-refractivity contribution >= 4 is 34.3 Å². The summed E-state index contributed by atoms with van der Waals surface area (Å²) in [5.74, 6) is 0.304. The van der Waals surface area contributed by atoms with Gasteiger partial charge in [-0.2, -0.15) is 11.3 Å². The summed E-state index contributed by atoms with van der Waals surface area (Å²) in [6.45, 7) is 1.94. The Morgan fingerprint density at radius 1 is 1.23 bits per heavy atom. The van der Waals surface area contributed by atoms with Gasteiger partial charge < -0.3 is 9.73 Å². The molecule has 0 saturated heterocycles. The number of amides is 1. The molecule has 0 atom stereocenters. The second-order valence-electron chi connectivity index (χ2n) is 5.65. The zero-order valence-electron chi connectivity index (χ0n) is 13.8. The molecule has 1 aromatic carbocycles. The highest BCUT2D eigenvalue weighted by atomic mass is 32.1. The van der Waals surface area contributed by atoms with Gasteiger partial charge in [-0.1, -0.05) is 6.07 Å². The molecule has 8 heteroatoms. The van der Waals surface area contributed by atoms with Crippen molar-refractivity contribution in [2.75, 3.05) is 5.32 Å². The molecule has 3 aromatic heterocycles. The second-order valence-corrected chi connectivity index (χ2v) is 7.29. The van der Waals surface area contributed by atoms with Crippen LogP contribution in [0.25, 0.3) is 22.0 Å². The molecule has 0 radical (unpaired) electrons. The third-order valence-corrected chi connectivity index (χ3v) is 5.40. The fourth-order valence-corrected chi connectivity index (χ4v) is 3.99. The van der Waals surface area contributed by atoms with Crippen molar-refractivity contribution in [3.05, 3.63) is 58.1 Å². The van der Waals surface area contributed by atoms with Crippen LogP contribution in [0.4, 0.5) is 5.69 Å². The number of hydrogen-bond donors (Lipinski definition) is 1. The van der Waals surface area contributed by atoms with Crippen LogP contribution in [-0.2, 0) is 11.2 Å². The van der Waals surface area contributed by atoms with Gasteiger partial charge in [0, 0.05) is 27.6 Å². The first-order chi connectivity index (χ1) is 12.7. The monoisotopic (exact) mass is 382 g/mol. The summed E-state index contributed by atoms with van der Waals surface area (Å²) < 4.78 is 5.21. The number of aryl methyl sites for hydroxylation is 1. The molecule has 0 aliphatic carbocycles. The maximum Gasteiger partial charge on any atom is 0.247 e. The summed E-state index contributed by atoms with van der Waals surface area (Å²) in [5, 5.41) is 17.4. The van der Waals surface area contributed by atoms with E-state index < -0.39 is 0 Å². The number of thiophene rings is 1. The van der Waals surface area contributed by atoms with Crippen molar-refractivity contribution in [1.29, 1.82) is 0 Å². The number of nitrogens with zero attached hydrogens (tertiary/aromatic N) is 3. The van der Waals surface area contributed by atoms with E-state index in [9.17, 15) is 4.79 Å². The molecule has 6 nitrogen and oxygen atoms in total. The van der Waals surface area contributed by atoms with Crippen LogP contribution in [-0.4, -0.2) is 21.1 Å². The third-order valence-electron chi connectivity index (χ3n) is 3.78. The van der Waals surface area contributed by atoms with Crippen LogP contribution in [0.5, 0.6) is 0 Å². The lowest BCUT2D eigenvalue weighted by molar-refractivity contribution is -0.115. The summed E-state index contributed by atoms with van der Waals surface area (Å²) >= 11 is 3.18. The van der Waals surface area contributed by atoms with Crippen molar-refractivity contribution in [3.63, 3.8) is 0 Å². The Morgan fingerprint density at radius 2 is 2.15 bits per heavy atom. The molecule has 4 aromatic rings. The van der Waals surface area contributed by atoms with Gasteiger partial charge in [0.1, 0.15) is 5.01 Å². The molecule has 1 amide bonds.